The molecule has 0 spiro atoms. The van der Waals surface area contributed by atoms with Crippen LogP contribution in [0.25, 0.3) is 0 Å². The summed E-state index contributed by atoms with van der Waals surface area (Å²) in [6.45, 7) is 0. The number of aromatic hydroxyl groups is 1. The third kappa shape index (κ3) is 2.55. The Morgan fingerprint density at radius 3 is 2.27 bits per heavy atom. The highest BCUT2D eigenvalue weighted by Crippen LogP contribution is 2.38. The summed E-state index contributed by atoms with van der Waals surface area (Å²) in [5.74, 6) is -0.982. The molecule has 8 heteroatoms. The molecule has 1 aromatic rings. The van der Waals surface area contributed by atoms with Crippen molar-refractivity contribution in [2.75, 3.05) is 0 Å². The van der Waals surface area contributed by atoms with Gasteiger partial charge in [0.1, 0.15) is 11.4 Å². The van der Waals surface area contributed by atoms with Gasteiger partial charge in [0, 0.05) is 0 Å². The predicted octanol–water partition coefficient (Wildman–Crippen LogP) is 3.51. The molecule has 1 N–H and O–H groups in total. The SMILES string of the molecule is Oc1cc(Br)c(C(F)(F)F)nc1C(F)F. The largest absolute Gasteiger partial charge is 0.506 e. The quantitative estimate of drug-likeness (QED) is 0.803. The van der Waals surface area contributed by atoms with Crippen LogP contribution in [0.2, 0.25) is 0 Å². The summed E-state index contributed by atoms with van der Waals surface area (Å²) in [6.07, 6.45) is -8.12. The molecule has 2 nitrogen and oxygen atoms in total. The zero-order chi connectivity index (χ0) is 11.8. The van der Waals surface area contributed by atoms with Crippen molar-refractivity contribution in [2.45, 2.75) is 12.6 Å². The van der Waals surface area contributed by atoms with E-state index in [1.165, 1.54) is 0 Å². The molecule has 0 fully saturated rings. The van der Waals surface area contributed by atoms with Crippen LogP contribution in [0.15, 0.2) is 10.5 Å². The fourth-order valence-corrected chi connectivity index (χ4v) is 1.38. The number of alkyl halides is 5. The lowest BCUT2D eigenvalue weighted by atomic mass is 10.2. The first kappa shape index (κ1) is 12.2. The molecule has 0 aromatic carbocycles. The summed E-state index contributed by atoms with van der Waals surface area (Å²) < 4.78 is 60.3. The van der Waals surface area contributed by atoms with E-state index in [2.05, 4.69) is 20.9 Å². The first-order valence-corrected chi connectivity index (χ1v) is 4.27. The van der Waals surface area contributed by atoms with E-state index >= 15 is 0 Å². The van der Waals surface area contributed by atoms with Gasteiger partial charge in [-0.2, -0.15) is 13.2 Å². The Balaban J connectivity index is 3.37. The monoisotopic (exact) mass is 291 g/mol. The van der Waals surface area contributed by atoms with E-state index in [1.807, 2.05) is 0 Å². The van der Waals surface area contributed by atoms with Crippen LogP contribution in [-0.2, 0) is 6.18 Å². The van der Waals surface area contributed by atoms with E-state index in [0.29, 0.717) is 6.07 Å². The minimum atomic E-state index is -4.85. The molecule has 84 valence electrons. The Morgan fingerprint density at radius 1 is 1.33 bits per heavy atom. The average molecular weight is 292 g/mol. The van der Waals surface area contributed by atoms with Crippen molar-refractivity contribution >= 4 is 15.9 Å². The molecule has 0 aliphatic heterocycles. The summed E-state index contributed by atoms with van der Waals surface area (Å²) in [5, 5.41) is 8.91. The standard InChI is InChI=1S/C7H3BrF5NO/c8-2-1-3(15)4(6(9)10)14-5(2)7(11,12)13/h1,6,15H. The van der Waals surface area contributed by atoms with Crippen molar-refractivity contribution in [3.05, 3.63) is 21.9 Å². The van der Waals surface area contributed by atoms with Crippen molar-refractivity contribution in [2.24, 2.45) is 0 Å². The first-order valence-electron chi connectivity index (χ1n) is 3.48. The second-order valence-corrected chi connectivity index (χ2v) is 3.38. The summed E-state index contributed by atoms with van der Waals surface area (Å²) in [7, 11) is 0. The number of halogens is 6. The lowest BCUT2D eigenvalue weighted by Crippen LogP contribution is -2.11. The fraction of sp³-hybridized carbons (Fsp3) is 0.286. The highest BCUT2D eigenvalue weighted by atomic mass is 79.9. The lowest BCUT2D eigenvalue weighted by molar-refractivity contribution is -0.142. The Bertz CT molecular complexity index is 378. The highest BCUT2D eigenvalue weighted by Gasteiger charge is 2.36. The lowest BCUT2D eigenvalue weighted by Gasteiger charge is -2.10. The zero-order valence-corrected chi connectivity index (χ0v) is 8.40. The van der Waals surface area contributed by atoms with Crippen molar-refractivity contribution in [1.29, 1.82) is 0 Å². The van der Waals surface area contributed by atoms with Crippen molar-refractivity contribution in [1.82, 2.24) is 4.98 Å². The van der Waals surface area contributed by atoms with E-state index in [0.717, 1.165) is 0 Å². The summed E-state index contributed by atoms with van der Waals surface area (Å²) in [6, 6.07) is 0.539. The maximum Gasteiger partial charge on any atom is 0.434 e. The molecule has 0 radical (unpaired) electrons. The van der Waals surface area contributed by atoms with Gasteiger partial charge >= 0.3 is 6.18 Å². The Kier molecular flexibility index (Phi) is 3.17. The molecule has 0 unspecified atom stereocenters. The van der Waals surface area contributed by atoms with Crippen LogP contribution in [0.5, 0.6) is 5.75 Å². The molecule has 0 saturated carbocycles. The van der Waals surface area contributed by atoms with Gasteiger partial charge in [-0.3, -0.25) is 0 Å². The van der Waals surface area contributed by atoms with Gasteiger partial charge in [-0.05, 0) is 22.0 Å². The van der Waals surface area contributed by atoms with Crippen LogP contribution >= 0.6 is 15.9 Å². The molecule has 0 atom stereocenters. The van der Waals surface area contributed by atoms with Gasteiger partial charge in [-0.1, -0.05) is 0 Å². The van der Waals surface area contributed by atoms with Gasteiger partial charge in [-0.15, -0.1) is 0 Å². The molecule has 1 heterocycles. The van der Waals surface area contributed by atoms with Crippen LogP contribution in [0.4, 0.5) is 22.0 Å². The average Bonchev–Trinajstić information content (AvgIpc) is 2.00. The minimum Gasteiger partial charge on any atom is -0.506 e. The Hall–Kier alpha value is -0.920. The van der Waals surface area contributed by atoms with Gasteiger partial charge in [-0.25, -0.2) is 13.8 Å². The number of hydrogen-bond donors (Lipinski definition) is 1. The number of nitrogens with zero attached hydrogens (tertiary/aromatic N) is 1. The maximum atomic E-state index is 12.2. The molecule has 1 rings (SSSR count). The number of rotatable bonds is 1. The predicted molar refractivity (Wildman–Crippen MR) is 43.6 cm³/mol. The van der Waals surface area contributed by atoms with Crippen LogP contribution in [-0.4, -0.2) is 10.1 Å². The Morgan fingerprint density at radius 2 is 1.87 bits per heavy atom. The smallest absolute Gasteiger partial charge is 0.434 e. The molecular formula is C7H3BrF5NO. The van der Waals surface area contributed by atoms with E-state index in [4.69, 9.17) is 5.11 Å². The van der Waals surface area contributed by atoms with Crippen molar-refractivity contribution < 1.29 is 27.1 Å². The van der Waals surface area contributed by atoms with Gasteiger partial charge in [0.2, 0.25) is 0 Å². The molecule has 0 aliphatic carbocycles. The van der Waals surface area contributed by atoms with Crippen molar-refractivity contribution in [3.63, 3.8) is 0 Å². The van der Waals surface area contributed by atoms with Gasteiger partial charge < -0.3 is 5.11 Å². The maximum absolute atomic E-state index is 12.2. The Labute approximate surface area is 88.9 Å². The van der Waals surface area contributed by atoms with E-state index < -0.39 is 34.2 Å². The summed E-state index contributed by atoms with van der Waals surface area (Å²) >= 11 is 2.48. The zero-order valence-electron chi connectivity index (χ0n) is 6.82. The minimum absolute atomic E-state index is 0.539. The number of aromatic nitrogens is 1. The molecule has 1 aromatic heterocycles. The van der Waals surface area contributed by atoms with Crippen LogP contribution in [0.1, 0.15) is 17.8 Å². The molecule has 0 aliphatic rings. The molecule has 0 amide bonds. The highest BCUT2D eigenvalue weighted by molar-refractivity contribution is 9.10. The van der Waals surface area contributed by atoms with Crippen LogP contribution in [0, 0.1) is 0 Å². The molecular weight excluding hydrogens is 289 g/mol. The van der Waals surface area contributed by atoms with Crippen molar-refractivity contribution in [3.8, 4) is 5.75 Å². The van der Waals surface area contributed by atoms with E-state index in [1.54, 1.807) is 0 Å². The van der Waals surface area contributed by atoms with Gasteiger partial charge in [0.15, 0.2) is 5.69 Å². The van der Waals surface area contributed by atoms with E-state index in [-0.39, 0.29) is 0 Å². The third-order valence-electron chi connectivity index (χ3n) is 1.46. The van der Waals surface area contributed by atoms with Gasteiger partial charge in [0.25, 0.3) is 6.43 Å². The topological polar surface area (TPSA) is 33.1 Å². The molecule has 15 heavy (non-hydrogen) atoms. The van der Waals surface area contributed by atoms with Crippen LogP contribution in [0.3, 0.4) is 0 Å². The number of hydrogen-bond acceptors (Lipinski definition) is 2. The normalized spacial score (nSPS) is 12.2. The van der Waals surface area contributed by atoms with Crippen LogP contribution < -0.4 is 0 Å². The fourth-order valence-electron chi connectivity index (χ4n) is 0.853. The first-order chi connectivity index (χ1) is 6.73. The second-order valence-electron chi connectivity index (χ2n) is 2.52. The second kappa shape index (κ2) is 3.92. The van der Waals surface area contributed by atoms with Gasteiger partial charge in [0.05, 0.1) is 4.47 Å². The third-order valence-corrected chi connectivity index (χ3v) is 2.06. The summed E-state index contributed by atoms with van der Waals surface area (Å²) in [4.78, 5) is 2.67. The van der Waals surface area contributed by atoms with E-state index in [9.17, 15) is 22.0 Å². The summed E-state index contributed by atoms with van der Waals surface area (Å²) in [5.41, 5.74) is -2.78. The molecule has 0 saturated heterocycles. The number of pyridine rings is 1. The molecule has 0 bridgehead atoms.